The molecular weight excluding hydrogens is 250 g/mol. The van der Waals surface area contributed by atoms with Gasteiger partial charge in [0.1, 0.15) is 0 Å². The van der Waals surface area contributed by atoms with E-state index in [1.165, 1.54) is 0 Å². The van der Waals surface area contributed by atoms with Crippen LogP contribution in [0.3, 0.4) is 0 Å². The van der Waals surface area contributed by atoms with Gasteiger partial charge in [-0.2, -0.15) is 5.26 Å². The van der Waals surface area contributed by atoms with E-state index in [0.29, 0.717) is 6.54 Å². The van der Waals surface area contributed by atoms with Crippen molar-refractivity contribution in [3.05, 3.63) is 34.7 Å². The topological polar surface area (TPSA) is 50.7 Å². The van der Waals surface area contributed by atoms with Gasteiger partial charge in [-0.3, -0.25) is 9.13 Å². The number of aromatic nitrogens is 2. The van der Waals surface area contributed by atoms with Gasteiger partial charge in [0.2, 0.25) is 0 Å². The lowest BCUT2D eigenvalue weighted by Crippen LogP contribution is -2.22. The average molecular weight is 271 g/mol. The standard InChI is InChI=1S/C16H21N3O/c1-16(2,12-17)10-6-7-11-19-14-9-5-4-8-13(14)18(3)15(19)20/h4-5,8-9H,6-7,10-11H2,1-3H3. The Balaban J connectivity index is 2.10. The fraction of sp³-hybridized carbons (Fsp3) is 0.500. The van der Waals surface area contributed by atoms with Crippen LogP contribution < -0.4 is 5.69 Å². The second kappa shape index (κ2) is 5.54. The Morgan fingerprint density at radius 3 is 2.50 bits per heavy atom. The number of rotatable bonds is 5. The molecule has 1 aromatic heterocycles. The number of fused-ring (bicyclic) bond motifs is 1. The summed E-state index contributed by atoms with van der Waals surface area (Å²) >= 11 is 0. The van der Waals surface area contributed by atoms with Gasteiger partial charge in [-0.1, -0.05) is 18.6 Å². The molecular formula is C16H21N3O. The van der Waals surface area contributed by atoms with Crippen molar-refractivity contribution in [1.82, 2.24) is 9.13 Å². The molecule has 20 heavy (non-hydrogen) atoms. The smallest absolute Gasteiger partial charge is 0.295 e. The van der Waals surface area contributed by atoms with Crippen LogP contribution in [0.15, 0.2) is 29.1 Å². The van der Waals surface area contributed by atoms with Crippen LogP contribution in [-0.4, -0.2) is 9.13 Å². The van der Waals surface area contributed by atoms with Crippen LogP contribution >= 0.6 is 0 Å². The van der Waals surface area contributed by atoms with E-state index in [4.69, 9.17) is 5.26 Å². The highest BCUT2D eigenvalue weighted by atomic mass is 16.1. The molecule has 2 aromatic rings. The lowest BCUT2D eigenvalue weighted by molar-refractivity contribution is 0.416. The van der Waals surface area contributed by atoms with E-state index in [2.05, 4.69) is 6.07 Å². The van der Waals surface area contributed by atoms with Gasteiger partial charge in [-0.25, -0.2) is 4.79 Å². The minimum absolute atomic E-state index is 0.0331. The van der Waals surface area contributed by atoms with Crippen molar-refractivity contribution >= 4 is 11.0 Å². The SMILES string of the molecule is Cn1c(=O)n(CCCCC(C)(C)C#N)c2ccccc21. The van der Waals surface area contributed by atoms with Crippen molar-refractivity contribution in [3.8, 4) is 6.07 Å². The summed E-state index contributed by atoms with van der Waals surface area (Å²) in [6.45, 7) is 4.62. The Bertz CT molecular complexity index is 701. The first-order valence-electron chi connectivity index (χ1n) is 7.02. The number of hydrogen-bond donors (Lipinski definition) is 0. The number of imidazole rings is 1. The second-order valence-corrected chi connectivity index (χ2v) is 5.93. The van der Waals surface area contributed by atoms with Gasteiger partial charge in [0, 0.05) is 13.6 Å². The molecule has 0 radical (unpaired) electrons. The first-order chi connectivity index (χ1) is 9.46. The summed E-state index contributed by atoms with van der Waals surface area (Å²) in [5, 5.41) is 8.99. The fourth-order valence-electron chi connectivity index (χ4n) is 2.47. The van der Waals surface area contributed by atoms with Gasteiger partial charge in [-0.15, -0.1) is 0 Å². The Morgan fingerprint density at radius 1 is 1.20 bits per heavy atom. The molecule has 0 unspecified atom stereocenters. The van der Waals surface area contributed by atoms with Crippen LogP contribution in [0.1, 0.15) is 33.1 Å². The zero-order chi connectivity index (χ0) is 14.8. The number of nitrogens with zero attached hydrogens (tertiary/aromatic N) is 3. The molecule has 0 amide bonds. The second-order valence-electron chi connectivity index (χ2n) is 5.93. The van der Waals surface area contributed by atoms with E-state index in [9.17, 15) is 4.79 Å². The van der Waals surface area contributed by atoms with Crippen molar-refractivity contribution in [2.75, 3.05) is 0 Å². The van der Waals surface area contributed by atoms with E-state index >= 15 is 0 Å². The predicted octanol–water partition coefficient (Wildman–Crippen LogP) is 3.06. The molecule has 0 spiro atoms. The Hall–Kier alpha value is -2.02. The molecule has 4 nitrogen and oxygen atoms in total. The maximum atomic E-state index is 12.2. The Kier molecular flexibility index (Phi) is 3.99. The fourth-order valence-corrected chi connectivity index (χ4v) is 2.47. The van der Waals surface area contributed by atoms with Gasteiger partial charge < -0.3 is 0 Å². The molecule has 0 fully saturated rings. The van der Waals surface area contributed by atoms with E-state index in [0.717, 1.165) is 30.3 Å². The summed E-state index contributed by atoms with van der Waals surface area (Å²) < 4.78 is 3.52. The van der Waals surface area contributed by atoms with Crippen molar-refractivity contribution in [2.45, 2.75) is 39.7 Å². The number of para-hydroxylation sites is 2. The molecule has 2 rings (SSSR count). The average Bonchev–Trinajstić information content (AvgIpc) is 2.68. The van der Waals surface area contributed by atoms with Crippen molar-refractivity contribution in [1.29, 1.82) is 5.26 Å². The number of nitriles is 1. The summed E-state index contributed by atoms with van der Waals surface area (Å²) in [6.07, 6.45) is 2.73. The highest BCUT2D eigenvalue weighted by Gasteiger charge is 2.16. The van der Waals surface area contributed by atoms with E-state index in [1.54, 1.807) is 11.6 Å². The van der Waals surface area contributed by atoms with Gasteiger partial charge in [0.05, 0.1) is 22.5 Å². The molecule has 0 saturated carbocycles. The molecule has 1 aromatic carbocycles. The first-order valence-corrected chi connectivity index (χ1v) is 7.02. The zero-order valence-electron chi connectivity index (χ0n) is 12.4. The van der Waals surface area contributed by atoms with Crippen LogP contribution in [0, 0.1) is 16.7 Å². The molecule has 0 aliphatic carbocycles. The lowest BCUT2D eigenvalue weighted by Gasteiger charge is -2.14. The Morgan fingerprint density at radius 2 is 1.85 bits per heavy atom. The summed E-state index contributed by atoms with van der Waals surface area (Å²) in [5.74, 6) is 0. The number of aryl methyl sites for hydroxylation is 2. The third-order valence-corrected chi connectivity index (χ3v) is 3.79. The molecule has 0 N–H and O–H groups in total. The Labute approximate surface area is 119 Å². The summed E-state index contributed by atoms with van der Waals surface area (Å²) in [5.41, 5.74) is 1.71. The van der Waals surface area contributed by atoms with Crippen molar-refractivity contribution < 1.29 is 0 Å². The molecule has 0 aliphatic heterocycles. The zero-order valence-corrected chi connectivity index (χ0v) is 12.4. The first kappa shape index (κ1) is 14.4. The van der Waals surface area contributed by atoms with Gasteiger partial charge >= 0.3 is 5.69 Å². The van der Waals surface area contributed by atoms with Crippen LogP contribution in [0.2, 0.25) is 0 Å². The van der Waals surface area contributed by atoms with Gasteiger partial charge in [-0.05, 0) is 38.8 Å². The number of benzene rings is 1. The molecule has 0 atom stereocenters. The van der Waals surface area contributed by atoms with E-state index in [-0.39, 0.29) is 11.1 Å². The molecule has 106 valence electrons. The minimum Gasteiger partial charge on any atom is -0.295 e. The van der Waals surface area contributed by atoms with E-state index < -0.39 is 0 Å². The van der Waals surface area contributed by atoms with Crippen LogP contribution in [0.5, 0.6) is 0 Å². The molecule has 0 saturated heterocycles. The predicted molar refractivity (Wildman–Crippen MR) is 80.4 cm³/mol. The van der Waals surface area contributed by atoms with Gasteiger partial charge in [0.25, 0.3) is 0 Å². The third kappa shape index (κ3) is 2.77. The minimum atomic E-state index is -0.274. The van der Waals surface area contributed by atoms with Gasteiger partial charge in [0.15, 0.2) is 0 Å². The normalized spacial score (nSPS) is 11.7. The molecule has 0 aliphatic rings. The lowest BCUT2D eigenvalue weighted by atomic mass is 9.89. The van der Waals surface area contributed by atoms with Crippen LogP contribution in [0.4, 0.5) is 0 Å². The van der Waals surface area contributed by atoms with Crippen LogP contribution in [0.25, 0.3) is 11.0 Å². The third-order valence-electron chi connectivity index (χ3n) is 3.79. The quantitative estimate of drug-likeness (QED) is 0.785. The highest BCUT2D eigenvalue weighted by molar-refractivity contribution is 5.75. The molecule has 1 heterocycles. The summed E-state index contributed by atoms with van der Waals surface area (Å²) in [6, 6.07) is 10.2. The summed E-state index contributed by atoms with van der Waals surface area (Å²) in [7, 11) is 1.81. The van der Waals surface area contributed by atoms with Crippen molar-refractivity contribution in [3.63, 3.8) is 0 Å². The van der Waals surface area contributed by atoms with Crippen molar-refractivity contribution in [2.24, 2.45) is 12.5 Å². The maximum Gasteiger partial charge on any atom is 0.328 e. The highest BCUT2D eigenvalue weighted by Crippen LogP contribution is 2.22. The largest absolute Gasteiger partial charge is 0.328 e. The monoisotopic (exact) mass is 271 g/mol. The molecule has 4 heteroatoms. The van der Waals surface area contributed by atoms with Crippen LogP contribution in [-0.2, 0) is 13.6 Å². The molecule has 0 bridgehead atoms. The van der Waals surface area contributed by atoms with E-state index in [1.807, 2.05) is 42.7 Å². The maximum absolute atomic E-state index is 12.2. The number of hydrogen-bond acceptors (Lipinski definition) is 2. The summed E-state index contributed by atoms with van der Waals surface area (Å²) in [4.78, 5) is 12.2. The number of unbranched alkanes of at least 4 members (excludes halogenated alkanes) is 1.